The summed E-state index contributed by atoms with van der Waals surface area (Å²) in [5.41, 5.74) is 0. The Morgan fingerprint density at radius 3 is 2.08 bits per heavy atom. The molecule has 0 aromatic heterocycles. The molecule has 0 saturated carbocycles. The van der Waals surface area contributed by atoms with Crippen molar-refractivity contribution in [1.29, 1.82) is 0 Å². The van der Waals surface area contributed by atoms with Crippen molar-refractivity contribution in [2.45, 2.75) is 7.16 Å². The zero-order valence-corrected chi connectivity index (χ0v) is 12.7. The lowest BCUT2D eigenvalue weighted by Gasteiger charge is -2.20. The monoisotopic (exact) mass is 434 g/mol. The minimum atomic E-state index is -0.456. The van der Waals surface area contributed by atoms with E-state index in [1.54, 1.807) is 0 Å². The van der Waals surface area contributed by atoms with E-state index >= 15 is 0 Å². The molecule has 0 radical (unpaired) electrons. The number of hydrogen-bond donors (Lipinski definition) is 0. The summed E-state index contributed by atoms with van der Waals surface area (Å²) < 4.78 is 5.10. The topological polar surface area (TPSA) is 9.23 Å². The fraction of sp³-hybridized carbons (Fsp3) is 0.250. The fourth-order valence-electron chi connectivity index (χ4n) is 0.685. The third-order valence-electron chi connectivity index (χ3n) is 1.24. The molecule has 1 nitrogen and oxygen atoms in total. The molecule has 0 saturated heterocycles. The molecule has 0 amide bonds. The van der Waals surface area contributed by atoms with Crippen molar-refractivity contribution in [1.82, 2.24) is 0 Å². The molecule has 1 atom stereocenters. The van der Waals surface area contributed by atoms with E-state index in [0.717, 1.165) is 5.75 Å². The highest BCUT2D eigenvalue weighted by Gasteiger charge is 2.30. The summed E-state index contributed by atoms with van der Waals surface area (Å²) in [5.74, 6) is 0.812. The van der Waals surface area contributed by atoms with E-state index in [1.807, 2.05) is 30.3 Å². The van der Waals surface area contributed by atoms with Gasteiger partial charge in [-0.1, -0.05) is 66.0 Å². The summed E-state index contributed by atoms with van der Waals surface area (Å²) in [6.07, 6.45) is 0. The lowest BCUT2D eigenvalue weighted by atomic mass is 10.3. The van der Waals surface area contributed by atoms with Crippen molar-refractivity contribution in [3.05, 3.63) is 30.3 Å². The predicted molar refractivity (Wildman–Crippen MR) is 69.3 cm³/mol. The van der Waals surface area contributed by atoms with E-state index in [9.17, 15) is 0 Å². The number of rotatable bonds is 2. The van der Waals surface area contributed by atoms with Crippen LogP contribution in [0.25, 0.3) is 0 Å². The van der Waals surface area contributed by atoms with Gasteiger partial charge in [-0.15, -0.1) is 0 Å². The standard InChI is InChI=1S/C8H6Br4O/c9-7(8(10,11)12)13-6-4-2-1-3-5-6/h1-5,7H. The summed E-state index contributed by atoms with van der Waals surface area (Å²) >= 11 is 13.5. The molecule has 5 heteroatoms. The van der Waals surface area contributed by atoms with Gasteiger partial charge in [0.25, 0.3) is 0 Å². The van der Waals surface area contributed by atoms with Crippen molar-refractivity contribution in [2.75, 3.05) is 0 Å². The van der Waals surface area contributed by atoms with E-state index in [-0.39, 0.29) is 5.01 Å². The van der Waals surface area contributed by atoms with E-state index in [2.05, 4.69) is 63.7 Å². The number of hydrogen-bond acceptors (Lipinski definition) is 1. The first-order valence-electron chi connectivity index (χ1n) is 3.42. The van der Waals surface area contributed by atoms with Gasteiger partial charge in [0.05, 0.1) is 0 Å². The second kappa shape index (κ2) is 5.14. The second-order valence-electron chi connectivity index (χ2n) is 2.29. The number of para-hydroxylation sites is 1. The van der Waals surface area contributed by atoms with E-state index < -0.39 is 2.14 Å². The zero-order chi connectivity index (χ0) is 9.90. The van der Waals surface area contributed by atoms with Crippen molar-refractivity contribution >= 4 is 63.7 Å². The Morgan fingerprint density at radius 2 is 1.62 bits per heavy atom. The quantitative estimate of drug-likeness (QED) is 0.613. The van der Waals surface area contributed by atoms with Gasteiger partial charge in [-0.2, -0.15) is 0 Å². The van der Waals surface area contributed by atoms with Crippen LogP contribution in [0.15, 0.2) is 30.3 Å². The van der Waals surface area contributed by atoms with Gasteiger partial charge in [0.1, 0.15) is 5.75 Å². The molecule has 0 heterocycles. The summed E-state index contributed by atoms with van der Waals surface area (Å²) in [6, 6.07) is 9.58. The van der Waals surface area contributed by atoms with Gasteiger partial charge < -0.3 is 4.74 Å². The van der Waals surface area contributed by atoms with Gasteiger partial charge in [-0.25, -0.2) is 0 Å². The lowest BCUT2D eigenvalue weighted by molar-refractivity contribution is 0.309. The molecular weight excluding hydrogens is 432 g/mol. The minimum absolute atomic E-state index is 0.206. The predicted octanol–water partition coefficient (Wildman–Crippen LogP) is 4.62. The first kappa shape index (κ1) is 12.0. The number of ether oxygens (including phenoxy) is 1. The maximum absolute atomic E-state index is 5.55. The summed E-state index contributed by atoms with van der Waals surface area (Å²) in [4.78, 5) is 0. The normalized spacial score (nSPS) is 13.8. The van der Waals surface area contributed by atoms with Crippen LogP contribution in [0.1, 0.15) is 0 Å². The van der Waals surface area contributed by atoms with Crippen molar-refractivity contribution < 1.29 is 4.74 Å². The number of benzene rings is 1. The third kappa shape index (κ3) is 4.32. The largest absolute Gasteiger partial charge is 0.476 e. The Balaban J connectivity index is 2.61. The van der Waals surface area contributed by atoms with Gasteiger partial charge in [0, 0.05) is 0 Å². The molecule has 0 aliphatic rings. The van der Waals surface area contributed by atoms with E-state index in [1.165, 1.54) is 0 Å². The van der Waals surface area contributed by atoms with Gasteiger partial charge in [-0.3, -0.25) is 0 Å². The van der Waals surface area contributed by atoms with Crippen molar-refractivity contribution in [3.8, 4) is 5.75 Å². The zero-order valence-electron chi connectivity index (χ0n) is 6.38. The van der Waals surface area contributed by atoms with Crippen LogP contribution < -0.4 is 4.74 Å². The average Bonchev–Trinajstić information content (AvgIpc) is 2.04. The highest BCUT2D eigenvalue weighted by molar-refractivity contribution is 9.40. The van der Waals surface area contributed by atoms with E-state index in [0.29, 0.717) is 0 Å². The third-order valence-corrected chi connectivity index (χ3v) is 5.20. The maximum Gasteiger partial charge on any atom is 0.188 e. The first-order chi connectivity index (χ1) is 6.00. The molecule has 0 aliphatic carbocycles. The average molecular weight is 438 g/mol. The molecule has 1 aromatic carbocycles. The van der Waals surface area contributed by atoms with Crippen LogP contribution in [0, 0.1) is 0 Å². The molecule has 13 heavy (non-hydrogen) atoms. The lowest BCUT2D eigenvalue weighted by Crippen LogP contribution is -2.23. The Morgan fingerprint density at radius 1 is 1.08 bits per heavy atom. The Hall–Kier alpha value is 0.940. The Kier molecular flexibility index (Phi) is 4.75. The summed E-state index contributed by atoms with van der Waals surface area (Å²) in [7, 11) is 0. The molecule has 1 rings (SSSR count). The van der Waals surface area contributed by atoms with Gasteiger partial charge in [0.15, 0.2) is 7.16 Å². The smallest absolute Gasteiger partial charge is 0.188 e. The van der Waals surface area contributed by atoms with Gasteiger partial charge >= 0.3 is 0 Å². The number of halogens is 4. The molecule has 1 aromatic rings. The maximum atomic E-state index is 5.55. The molecular formula is C8H6Br4O. The van der Waals surface area contributed by atoms with Crippen LogP contribution >= 0.6 is 63.7 Å². The summed E-state index contributed by atoms with van der Waals surface area (Å²) in [6.45, 7) is 0. The SMILES string of the molecule is BrC(Oc1ccccc1)C(Br)(Br)Br. The van der Waals surface area contributed by atoms with Gasteiger partial charge in [-0.05, 0) is 28.1 Å². The molecule has 0 aliphatic heterocycles. The van der Waals surface area contributed by atoms with Crippen molar-refractivity contribution in [2.24, 2.45) is 0 Å². The van der Waals surface area contributed by atoms with Crippen LogP contribution in [-0.4, -0.2) is 7.16 Å². The van der Waals surface area contributed by atoms with E-state index in [4.69, 9.17) is 4.74 Å². The van der Waals surface area contributed by atoms with Crippen LogP contribution in [0.2, 0.25) is 0 Å². The van der Waals surface area contributed by atoms with Gasteiger partial charge in [0.2, 0.25) is 0 Å². The minimum Gasteiger partial charge on any atom is -0.476 e. The van der Waals surface area contributed by atoms with Crippen molar-refractivity contribution in [3.63, 3.8) is 0 Å². The highest BCUT2D eigenvalue weighted by Crippen LogP contribution is 2.41. The molecule has 0 spiro atoms. The van der Waals surface area contributed by atoms with Crippen LogP contribution in [0.4, 0.5) is 0 Å². The molecule has 0 N–H and O–H groups in total. The molecule has 0 fully saturated rings. The first-order valence-corrected chi connectivity index (χ1v) is 6.72. The second-order valence-corrected chi connectivity index (χ2v) is 10.1. The highest BCUT2D eigenvalue weighted by atomic mass is 80.0. The fourth-order valence-corrected chi connectivity index (χ4v) is 1.18. The van der Waals surface area contributed by atoms with Crippen LogP contribution in [-0.2, 0) is 0 Å². The Labute approximate surface area is 111 Å². The molecule has 0 bridgehead atoms. The van der Waals surface area contributed by atoms with Crippen LogP contribution in [0.3, 0.4) is 0 Å². The Bertz CT molecular complexity index is 257. The molecule has 72 valence electrons. The molecule has 1 unspecified atom stereocenters. The summed E-state index contributed by atoms with van der Waals surface area (Å²) in [5, 5.41) is -0.206. The van der Waals surface area contributed by atoms with Crippen LogP contribution in [0.5, 0.6) is 5.75 Å². The number of alkyl halides is 4.